The minimum Gasteiger partial charge on any atom is -0.350 e. The van der Waals surface area contributed by atoms with Gasteiger partial charge in [0.25, 0.3) is 0 Å². The number of hydrogen-bond acceptors (Lipinski definition) is 4. The van der Waals surface area contributed by atoms with E-state index in [1.165, 1.54) is 4.68 Å². The molecule has 0 saturated carbocycles. The SMILES string of the molecule is CCn1c(-c2ccccc2)nn(CC(=O)NCc2ccsc2)c1=O. The van der Waals surface area contributed by atoms with E-state index in [-0.39, 0.29) is 18.1 Å². The quantitative estimate of drug-likeness (QED) is 0.746. The van der Waals surface area contributed by atoms with Crippen LogP contribution >= 0.6 is 11.3 Å². The Morgan fingerprint density at radius 3 is 2.71 bits per heavy atom. The largest absolute Gasteiger partial charge is 0.350 e. The molecule has 2 aromatic heterocycles. The van der Waals surface area contributed by atoms with E-state index >= 15 is 0 Å². The van der Waals surface area contributed by atoms with Crippen molar-refractivity contribution < 1.29 is 4.79 Å². The third-order valence-corrected chi connectivity index (χ3v) is 4.37. The highest BCUT2D eigenvalue weighted by atomic mass is 32.1. The van der Waals surface area contributed by atoms with Crippen molar-refractivity contribution in [2.75, 3.05) is 0 Å². The molecule has 124 valence electrons. The molecule has 0 unspecified atom stereocenters. The van der Waals surface area contributed by atoms with Crippen LogP contribution in [-0.4, -0.2) is 20.3 Å². The van der Waals surface area contributed by atoms with Gasteiger partial charge in [0.1, 0.15) is 6.54 Å². The van der Waals surface area contributed by atoms with Crippen LogP contribution in [0.15, 0.2) is 52.0 Å². The van der Waals surface area contributed by atoms with Gasteiger partial charge in [0, 0.05) is 18.7 Å². The van der Waals surface area contributed by atoms with Crippen LogP contribution in [0.25, 0.3) is 11.4 Å². The highest BCUT2D eigenvalue weighted by Gasteiger charge is 2.15. The van der Waals surface area contributed by atoms with Gasteiger partial charge in [0.05, 0.1) is 0 Å². The van der Waals surface area contributed by atoms with Crippen molar-refractivity contribution in [3.05, 3.63) is 63.2 Å². The lowest BCUT2D eigenvalue weighted by Crippen LogP contribution is -2.33. The summed E-state index contributed by atoms with van der Waals surface area (Å²) in [6.07, 6.45) is 0. The Morgan fingerprint density at radius 2 is 2.04 bits per heavy atom. The first kappa shape index (κ1) is 16.2. The number of thiophene rings is 1. The van der Waals surface area contributed by atoms with E-state index in [0.717, 1.165) is 11.1 Å². The molecule has 0 bridgehead atoms. The van der Waals surface area contributed by atoms with Gasteiger partial charge in [-0.2, -0.15) is 11.3 Å². The first-order chi connectivity index (χ1) is 11.7. The summed E-state index contributed by atoms with van der Waals surface area (Å²) >= 11 is 1.58. The fourth-order valence-corrected chi connectivity index (χ4v) is 3.08. The molecule has 2 heterocycles. The number of amides is 1. The van der Waals surface area contributed by atoms with Gasteiger partial charge in [-0.25, -0.2) is 9.48 Å². The summed E-state index contributed by atoms with van der Waals surface area (Å²) in [5.74, 6) is 0.345. The summed E-state index contributed by atoms with van der Waals surface area (Å²) in [7, 11) is 0. The summed E-state index contributed by atoms with van der Waals surface area (Å²) in [6.45, 7) is 2.75. The van der Waals surface area contributed by atoms with Gasteiger partial charge < -0.3 is 5.32 Å². The van der Waals surface area contributed by atoms with Crippen LogP contribution < -0.4 is 11.0 Å². The molecule has 3 aromatic rings. The van der Waals surface area contributed by atoms with E-state index in [4.69, 9.17) is 0 Å². The molecule has 0 aliphatic carbocycles. The van der Waals surface area contributed by atoms with Crippen LogP contribution in [0.5, 0.6) is 0 Å². The molecule has 0 radical (unpaired) electrons. The van der Waals surface area contributed by atoms with Crippen molar-refractivity contribution in [2.24, 2.45) is 0 Å². The second-order valence-electron chi connectivity index (χ2n) is 5.28. The van der Waals surface area contributed by atoms with E-state index < -0.39 is 0 Å². The van der Waals surface area contributed by atoms with Crippen LogP contribution in [0.4, 0.5) is 0 Å². The van der Waals surface area contributed by atoms with Gasteiger partial charge >= 0.3 is 5.69 Å². The van der Waals surface area contributed by atoms with Gasteiger partial charge in [-0.05, 0) is 29.3 Å². The second kappa shape index (κ2) is 7.27. The molecule has 1 amide bonds. The number of rotatable bonds is 6. The van der Waals surface area contributed by atoms with Gasteiger partial charge in [-0.15, -0.1) is 5.10 Å². The number of aromatic nitrogens is 3. The molecule has 0 aliphatic rings. The maximum Gasteiger partial charge on any atom is 0.346 e. The molecule has 0 fully saturated rings. The molecule has 1 aromatic carbocycles. The highest BCUT2D eigenvalue weighted by Crippen LogP contribution is 2.14. The first-order valence-electron chi connectivity index (χ1n) is 7.70. The number of benzene rings is 1. The Kier molecular flexibility index (Phi) is 4.90. The standard InChI is InChI=1S/C17H18N4O2S/c1-2-20-16(14-6-4-3-5-7-14)19-21(17(20)23)11-15(22)18-10-13-8-9-24-12-13/h3-9,12H,2,10-11H2,1H3,(H,18,22). The third kappa shape index (κ3) is 3.46. The van der Waals surface area contributed by atoms with Crippen LogP contribution in [0.1, 0.15) is 12.5 Å². The van der Waals surface area contributed by atoms with Crippen molar-refractivity contribution in [3.63, 3.8) is 0 Å². The van der Waals surface area contributed by atoms with E-state index in [0.29, 0.717) is 18.9 Å². The van der Waals surface area contributed by atoms with Gasteiger partial charge in [0.15, 0.2) is 5.82 Å². The lowest BCUT2D eigenvalue weighted by atomic mass is 10.2. The highest BCUT2D eigenvalue weighted by molar-refractivity contribution is 7.07. The fraction of sp³-hybridized carbons (Fsp3) is 0.235. The van der Waals surface area contributed by atoms with Crippen molar-refractivity contribution in [1.29, 1.82) is 0 Å². The minimum absolute atomic E-state index is 0.0875. The van der Waals surface area contributed by atoms with E-state index in [1.54, 1.807) is 15.9 Å². The minimum atomic E-state index is -0.276. The zero-order valence-corrected chi connectivity index (χ0v) is 14.1. The monoisotopic (exact) mass is 342 g/mol. The lowest BCUT2D eigenvalue weighted by Gasteiger charge is -2.03. The molecular formula is C17H18N4O2S. The molecular weight excluding hydrogens is 324 g/mol. The number of hydrogen-bond donors (Lipinski definition) is 1. The van der Waals surface area contributed by atoms with Gasteiger partial charge in [0.2, 0.25) is 5.91 Å². The van der Waals surface area contributed by atoms with Crippen LogP contribution in [0, 0.1) is 0 Å². The van der Waals surface area contributed by atoms with E-state index in [2.05, 4.69) is 10.4 Å². The number of carbonyl (C=O) groups is 1. The Labute approximate surface area is 143 Å². The van der Waals surface area contributed by atoms with E-state index in [9.17, 15) is 9.59 Å². The molecule has 1 N–H and O–H groups in total. The van der Waals surface area contributed by atoms with Crippen molar-refractivity contribution >= 4 is 17.2 Å². The predicted molar refractivity (Wildman–Crippen MR) is 93.8 cm³/mol. The average Bonchev–Trinajstić information content (AvgIpc) is 3.22. The normalized spacial score (nSPS) is 10.7. The predicted octanol–water partition coefficient (Wildman–Crippen LogP) is 2.11. The summed E-state index contributed by atoms with van der Waals surface area (Å²) < 4.78 is 2.79. The van der Waals surface area contributed by atoms with Crippen LogP contribution in [0.3, 0.4) is 0 Å². The topological polar surface area (TPSA) is 68.9 Å². The maximum atomic E-state index is 12.4. The van der Waals surface area contributed by atoms with E-state index in [1.807, 2.05) is 54.1 Å². The molecule has 6 nitrogen and oxygen atoms in total. The molecule has 0 aliphatic heterocycles. The van der Waals surface area contributed by atoms with Crippen LogP contribution in [0.2, 0.25) is 0 Å². The molecule has 7 heteroatoms. The zero-order valence-electron chi connectivity index (χ0n) is 13.3. The van der Waals surface area contributed by atoms with Crippen molar-refractivity contribution in [3.8, 4) is 11.4 Å². The van der Waals surface area contributed by atoms with Crippen molar-refractivity contribution in [2.45, 2.75) is 26.6 Å². The average molecular weight is 342 g/mol. The summed E-state index contributed by atoms with van der Waals surface area (Å²) in [4.78, 5) is 24.5. The Morgan fingerprint density at radius 1 is 1.25 bits per heavy atom. The zero-order chi connectivity index (χ0) is 16.9. The van der Waals surface area contributed by atoms with Gasteiger partial charge in [-0.1, -0.05) is 30.3 Å². The second-order valence-corrected chi connectivity index (χ2v) is 6.06. The molecule has 24 heavy (non-hydrogen) atoms. The first-order valence-corrected chi connectivity index (χ1v) is 8.64. The molecule has 0 atom stereocenters. The maximum absolute atomic E-state index is 12.4. The number of carbonyl (C=O) groups excluding carboxylic acids is 1. The number of nitrogens with one attached hydrogen (secondary N) is 1. The number of nitrogens with zero attached hydrogens (tertiary/aromatic N) is 3. The smallest absolute Gasteiger partial charge is 0.346 e. The summed E-state index contributed by atoms with van der Waals surface area (Å²) in [6, 6.07) is 11.5. The molecule has 3 rings (SSSR count). The van der Waals surface area contributed by atoms with Crippen molar-refractivity contribution in [1.82, 2.24) is 19.7 Å². The summed E-state index contributed by atoms with van der Waals surface area (Å²) in [5.41, 5.74) is 1.63. The van der Waals surface area contributed by atoms with Gasteiger partial charge in [-0.3, -0.25) is 9.36 Å². The molecule has 0 saturated heterocycles. The Balaban J connectivity index is 1.77. The Bertz CT molecular complexity index is 866. The summed E-state index contributed by atoms with van der Waals surface area (Å²) in [5, 5.41) is 11.1. The third-order valence-electron chi connectivity index (χ3n) is 3.63. The molecule has 0 spiro atoms. The fourth-order valence-electron chi connectivity index (χ4n) is 2.42. The lowest BCUT2D eigenvalue weighted by molar-refractivity contribution is -0.122. The van der Waals surface area contributed by atoms with Crippen LogP contribution in [-0.2, 0) is 24.4 Å². The Hall–Kier alpha value is -2.67.